The summed E-state index contributed by atoms with van der Waals surface area (Å²) < 4.78 is 1.89. The maximum absolute atomic E-state index is 12.8. The van der Waals surface area contributed by atoms with Gasteiger partial charge in [0.25, 0.3) is 5.56 Å². The van der Waals surface area contributed by atoms with Gasteiger partial charge in [-0.2, -0.15) is 16.9 Å². The zero-order valence-corrected chi connectivity index (χ0v) is 16.6. The van der Waals surface area contributed by atoms with Gasteiger partial charge < -0.3 is 5.32 Å². The molecular formula is C20H20N6O2S. The predicted molar refractivity (Wildman–Crippen MR) is 113 cm³/mol. The van der Waals surface area contributed by atoms with Crippen LogP contribution in [0.15, 0.2) is 53.5 Å². The molecule has 3 aromatic heterocycles. The number of benzene rings is 1. The molecule has 0 saturated heterocycles. The molecule has 8 nitrogen and oxygen atoms in total. The lowest BCUT2D eigenvalue weighted by atomic mass is 10.1. The smallest absolute Gasteiger partial charge is 0.272 e. The number of rotatable bonds is 7. The molecular weight excluding hydrogens is 388 g/mol. The van der Waals surface area contributed by atoms with Crippen LogP contribution in [0.3, 0.4) is 0 Å². The quantitative estimate of drug-likeness (QED) is 0.485. The van der Waals surface area contributed by atoms with Gasteiger partial charge in [-0.25, -0.2) is 5.10 Å². The molecule has 148 valence electrons. The van der Waals surface area contributed by atoms with E-state index >= 15 is 0 Å². The van der Waals surface area contributed by atoms with Gasteiger partial charge >= 0.3 is 0 Å². The summed E-state index contributed by atoms with van der Waals surface area (Å²) in [6, 6.07) is 12.5. The molecule has 4 aromatic rings. The fourth-order valence-electron chi connectivity index (χ4n) is 3.30. The molecule has 3 heterocycles. The third-order valence-electron chi connectivity index (χ3n) is 4.70. The molecule has 9 heteroatoms. The number of H-pyrrole nitrogens is 1. The standard InChI is InChI=1S/C20H20N6O2S/c1-29-11-9-15(19-24-23-17-8-4-5-10-26(17)19)21-18(27)12-16-13-6-2-3-7-14(13)20(28)25-22-16/h2-8,10,15H,9,11-12H2,1H3,(H,21,27)(H,25,28)/t15-/m1/s1. The van der Waals surface area contributed by atoms with Crippen molar-refractivity contribution in [3.8, 4) is 0 Å². The van der Waals surface area contributed by atoms with E-state index in [4.69, 9.17) is 0 Å². The molecule has 0 aliphatic rings. The topological polar surface area (TPSA) is 105 Å². The summed E-state index contributed by atoms with van der Waals surface area (Å²) in [5.41, 5.74) is 1.00. The molecule has 0 radical (unpaired) electrons. The Kier molecular flexibility index (Phi) is 5.57. The second kappa shape index (κ2) is 8.44. The van der Waals surface area contributed by atoms with E-state index in [0.29, 0.717) is 22.3 Å². The van der Waals surface area contributed by atoms with E-state index in [1.165, 1.54) is 0 Å². The van der Waals surface area contributed by atoms with Crippen LogP contribution >= 0.6 is 11.8 Å². The van der Waals surface area contributed by atoms with Gasteiger partial charge in [-0.05, 0) is 36.6 Å². The van der Waals surface area contributed by atoms with Crippen LogP contribution in [0, 0.1) is 0 Å². The van der Waals surface area contributed by atoms with Crippen molar-refractivity contribution in [1.29, 1.82) is 0 Å². The lowest BCUT2D eigenvalue weighted by molar-refractivity contribution is -0.121. The second-order valence-corrected chi connectivity index (χ2v) is 7.60. The SMILES string of the molecule is CSCC[C@@H](NC(=O)Cc1n[nH]c(=O)c2ccccc12)c1nnc2ccccn12. The highest BCUT2D eigenvalue weighted by molar-refractivity contribution is 7.98. The Morgan fingerprint density at radius 1 is 1.17 bits per heavy atom. The van der Waals surface area contributed by atoms with Gasteiger partial charge in [0, 0.05) is 11.6 Å². The molecule has 0 aliphatic carbocycles. The van der Waals surface area contributed by atoms with Crippen LogP contribution in [0.2, 0.25) is 0 Å². The average Bonchev–Trinajstić information content (AvgIpc) is 3.17. The molecule has 1 amide bonds. The molecule has 0 fully saturated rings. The van der Waals surface area contributed by atoms with Gasteiger partial charge in [-0.1, -0.05) is 24.3 Å². The number of carbonyl (C=O) groups excluding carboxylic acids is 1. The summed E-state index contributed by atoms with van der Waals surface area (Å²) in [5.74, 6) is 1.38. The zero-order chi connectivity index (χ0) is 20.2. The molecule has 2 N–H and O–H groups in total. The third-order valence-corrected chi connectivity index (χ3v) is 5.34. The van der Waals surface area contributed by atoms with E-state index in [1.807, 2.05) is 41.1 Å². The van der Waals surface area contributed by atoms with Gasteiger partial charge in [0.2, 0.25) is 5.91 Å². The largest absolute Gasteiger partial charge is 0.346 e. The normalized spacial score (nSPS) is 12.3. The summed E-state index contributed by atoms with van der Waals surface area (Å²) in [6.07, 6.45) is 4.70. The van der Waals surface area contributed by atoms with Crippen molar-refractivity contribution in [3.05, 3.63) is 70.5 Å². The van der Waals surface area contributed by atoms with Gasteiger partial charge in [-0.3, -0.25) is 14.0 Å². The fraction of sp³-hybridized carbons (Fsp3) is 0.250. The van der Waals surface area contributed by atoms with E-state index in [0.717, 1.165) is 17.8 Å². The number of fused-ring (bicyclic) bond motifs is 2. The van der Waals surface area contributed by atoms with Crippen molar-refractivity contribution in [2.24, 2.45) is 0 Å². The first-order chi connectivity index (χ1) is 14.2. The predicted octanol–water partition coefficient (Wildman–Crippen LogP) is 2.12. The Hall–Kier alpha value is -3.20. The van der Waals surface area contributed by atoms with E-state index < -0.39 is 0 Å². The number of aromatic amines is 1. The van der Waals surface area contributed by atoms with Crippen molar-refractivity contribution >= 4 is 34.1 Å². The molecule has 4 rings (SSSR count). The number of hydrogen-bond acceptors (Lipinski definition) is 6. The highest BCUT2D eigenvalue weighted by Crippen LogP contribution is 2.19. The number of nitrogens with zero attached hydrogens (tertiary/aromatic N) is 4. The summed E-state index contributed by atoms with van der Waals surface area (Å²) in [7, 11) is 0. The Morgan fingerprint density at radius 2 is 1.97 bits per heavy atom. The van der Waals surface area contributed by atoms with Crippen LogP contribution in [0.1, 0.15) is 24.0 Å². The lowest BCUT2D eigenvalue weighted by Crippen LogP contribution is -2.32. The van der Waals surface area contributed by atoms with Crippen molar-refractivity contribution in [1.82, 2.24) is 30.1 Å². The molecule has 0 saturated carbocycles. The number of aromatic nitrogens is 5. The van der Waals surface area contributed by atoms with Crippen molar-refractivity contribution in [3.63, 3.8) is 0 Å². The number of carbonyl (C=O) groups is 1. The number of thioether (sulfide) groups is 1. The number of amides is 1. The lowest BCUT2D eigenvalue weighted by Gasteiger charge is -2.17. The highest BCUT2D eigenvalue weighted by Gasteiger charge is 2.21. The monoisotopic (exact) mass is 408 g/mol. The van der Waals surface area contributed by atoms with Crippen LogP contribution < -0.4 is 10.9 Å². The molecule has 0 aliphatic heterocycles. The van der Waals surface area contributed by atoms with Crippen LogP contribution in [-0.2, 0) is 11.2 Å². The Morgan fingerprint density at radius 3 is 2.79 bits per heavy atom. The molecule has 0 bridgehead atoms. The van der Waals surface area contributed by atoms with Gasteiger partial charge in [0.1, 0.15) is 0 Å². The Balaban J connectivity index is 1.59. The maximum atomic E-state index is 12.8. The minimum absolute atomic E-state index is 0.0593. The van der Waals surface area contributed by atoms with Crippen molar-refractivity contribution in [2.75, 3.05) is 12.0 Å². The zero-order valence-electron chi connectivity index (χ0n) is 15.8. The summed E-state index contributed by atoms with van der Waals surface area (Å²) in [4.78, 5) is 24.8. The van der Waals surface area contributed by atoms with Crippen molar-refractivity contribution < 1.29 is 4.79 Å². The summed E-state index contributed by atoms with van der Waals surface area (Å²) >= 11 is 1.71. The highest BCUT2D eigenvalue weighted by atomic mass is 32.2. The van der Waals surface area contributed by atoms with E-state index in [1.54, 1.807) is 30.0 Å². The minimum atomic E-state index is -0.277. The second-order valence-electron chi connectivity index (χ2n) is 6.61. The fourth-order valence-corrected chi connectivity index (χ4v) is 3.77. The van der Waals surface area contributed by atoms with Crippen LogP contribution in [0.5, 0.6) is 0 Å². The Labute approximate surface area is 170 Å². The number of pyridine rings is 1. The third kappa shape index (κ3) is 4.00. The minimum Gasteiger partial charge on any atom is -0.346 e. The van der Waals surface area contributed by atoms with Crippen LogP contribution in [-0.4, -0.2) is 42.7 Å². The van der Waals surface area contributed by atoms with Gasteiger partial charge in [0.15, 0.2) is 11.5 Å². The maximum Gasteiger partial charge on any atom is 0.272 e. The van der Waals surface area contributed by atoms with E-state index in [2.05, 4.69) is 25.7 Å². The van der Waals surface area contributed by atoms with Gasteiger partial charge in [-0.15, -0.1) is 10.2 Å². The van der Waals surface area contributed by atoms with Crippen molar-refractivity contribution in [2.45, 2.75) is 18.9 Å². The molecule has 1 aromatic carbocycles. The Bertz CT molecular complexity index is 1220. The first-order valence-corrected chi connectivity index (χ1v) is 10.6. The van der Waals surface area contributed by atoms with Gasteiger partial charge in [0.05, 0.1) is 23.5 Å². The summed E-state index contributed by atoms with van der Waals surface area (Å²) in [5, 5.41) is 19.3. The molecule has 29 heavy (non-hydrogen) atoms. The van der Waals surface area contributed by atoms with Crippen LogP contribution in [0.25, 0.3) is 16.4 Å². The average molecular weight is 408 g/mol. The van der Waals surface area contributed by atoms with E-state index in [-0.39, 0.29) is 23.9 Å². The first kappa shape index (κ1) is 19.1. The molecule has 1 atom stereocenters. The van der Waals surface area contributed by atoms with E-state index in [9.17, 15) is 9.59 Å². The molecule has 0 spiro atoms. The summed E-state index contributed by atoms with van der Waals surface area (Å²) in [6.45, 7) is 0. The number of hydrogen-bond donors (Lipinski definition) is 2. The van der Waals surface area contributed by atoms with Crippen LogP contribution in [0.4, 0.5) is 0 Å². The molecule has 0 unspecified atom stereocenters. The first-order valence-electron chi connectivity index (χ1n) is 9.21. The number of nitrogens with one attached hydrogen (secondary N) is 2.